The molecule has 2 atom stereocenters. The summed E-state index contributed by atoms with van der Waals surface area (Å²) in [4.78, 5) is 3.89. The number of halogens is 1. The molecule has 15 heavy (non-hydrogen) atoms. The van der Waals surface area contributed by atoms with Gasteiger partial charge in [0.1, 0.15) is 11.9 Å². The molecule has 84 valence electrons. The maximum absolute atomic E-state index is 9.84. The number of methoxy groups -OCH3 is 1. The van der Waals surface area contributed by atoms with E-state index in [1.54, 1.807) is 12.3 Å². The molecule has 0 amide bonds. The number of hydrogen-bond acceptors (Lipinski definition) is 4. The quantitative estimate of drug-likeness (QED) is 0.795. The van der Waals surface area contributed by atoms with E-state index in [2.05, 4.69) is 20.9 Å². The van der Waals surface area contributed by atoms with Crippen LogP contribution in [0, 0.1) is 0 Å². The molecule has 1 rings (SSSR count). The number of aliphatic hydroxyl groups excluding tert-OH is 2. The van der Waals surface area contributed by atoms with E-state index < -0.39 is 12.2 Å². The third kappa shape index (κ3) is 3.15. The lowest BCUT2D eigenvalue weighted by Crippen LogP contribution is -2.19. The Labute approximate surface area is 97.0 Å². The average Bonchev–Trinajstić information content (AvgIpc) is 2.28. The minimum atomic E-state index is -0.966. The molecule has 0 aliphatic heterocycles. The lowest BCUT2D eigenvalue weighted by Gasteiger charge is -2.18. The molecule has 0 radical (unpaired) electrons. The zero-order chi connectivity index (χ0) is 11.3. The zero-order valence-electron chi connectivity index (χ0n) is 8.43. The van der Waals surface area contributed by atoms with Crippen LogP contribution in [0.15, 0.2) is 18.5 Å². The van der Waals surface area contributed by atoms with Crippen LogP contribution >= 0.6 is 15.9 Å². The molecular formula is C10H14BrNO3. The third-order valence-electron chi connectivity index (χ3n) is 2.12. The van der Waals surface area contributed by atoms with E-state index in [9.17, 15) is 10.2 Å². The first-order chi connectivity index (χ1) is 7.20. The molecule has 0 saturated carbocycles. The van der Waals surface area contributed by atoms with Gasteiger partial charge in [-0.1, -0.05) is 15.9 Å². The fraction of sp³-hybridized carbons (Fsp3) is 0.500. The number of nitrogens with zero attached hydrogens (tertiary/aromatic N) is 1. The second-order valence-corrected chi connectivity index (χ2v) is 3.90. The number of rotatable bonds is 5. The Hall–Kier alpha value is -0.650. The molecule has 0 bridgehead atoms. The second kappa shape index (κ2) is 6.05. The number of aliphatic hydroxyl groups is 2. The minimum Gasteiger partial charge on any atom is -0.496 e. The highest BCUT2D eigenvalue weighted by Crippen LogP contribution is 2.27. The summed E-state index contributed by atoms with van der Waals surface area (Å²) < 4.78 is 5.07. The van der Waals surface area contributed by atoms with Crippen molar-refractivity contribution >= 4 is 15.9 Å². The van der Waals surface area contributed by atoms with Crippen molar-refractivity contribution in [3.8, 4) is 5.75 Å². The number of alkyl halides is 1. The standard InChI is InChI=1S/C10H14BrNO3/c1-15-9-3-5-12-6-7(9)10(14)8(13)2-4-11/h3,5-6,8,10,13-14H,2,4H2,1H3. The Morgan fingerprint density at radius 2 is 2.27 bits per heavy atom. The summed E-state index contributed by atoms with van der Waals surface area (Å²) in [5, 5.41) is 20.1. The summed E-state index contributed by atoms with van der Waals surface area (Å²) in [5.74, 6) is 0.533. The van der Waals surface area contributed by atoms with Gasteiger partial charge in [-0.25, -0.2) is 0 Å². The summed E-state index contributed by atoms with van der Waals surface area (Å²) in [5.41, 5.74) is 0.508. The van der Waals surface area contributed by atoms with Crippen LogP contribution in [-0.4, -0.2) is 33.7 Å². The monoisotopic (exact) mass is 275 g/mol. The van der Waals surface area contributed by atoms with Crippen molar-refractivity contribution in [2.24, 2.45) is 0 Å². The van der Waals surface area contributed by atoms with Crippen LogP contribution in [0.3, 0.4) is 0 Å². The Bertz CT molecular complexity index is 308. The summed E-state index contributed by atoms with van der Waals surface area (Å²) in [6, 6.07) is 1.65. The highest BCUT2D eigenvalue weighted by Gasteiger charge is 2.21. The van der Waals surface area contributed by atoms with E-state index in [0.29, 0.717) is 23.1 Å². The predicted octanol–water partition coefficient (Wildman–Crippen LogP) is 1.27. The summed E-state index contributed by atoms with van der Waals surface area (Å²) >= 11 is 3.21. The van der Waals surface area contributed by atoms with Gasteiger partial charge in [0.15, 0.2) is 0 Å². The van der Waals surface area contributed by atoms with Gasteiger partial charge in [-0.2, -0.15) is 0 Å². The van der Waals surface area contributed by atoms with Crippen molar-refractivity contribution < 1.29 is 14.9 Å². The van der Waals surface area contributed by atoms with Crippen LogP contribution in [0.1, 0.15) is 18.1 Å². The molecule has 0 aromatic carbocycles. The van der Waals surface area contributed by atoms with Crippen molar-refractivity contribution in [1.29, 1.82) is 0 Å². The first-order valence-corrected chi connectivity index (χ1v) is 5.72. The van der Waals surface area contributed by atoms with Crippen LogP contribution in [0.2, 0.25) is 0 Å². The van der Waals surface area contributed by atoms with Crippen LogP contribution in [0.5, 0.6) is 5.75 Å². The summed E-state index contributed by atoms with van der Waals surface area (Å²) in [7, 11) is 1.52. The molecule has 2 N–H and O–H groups in total. The molecule has 4 nitrogen and oxygen atoms in total. The van der Waals surface area contributed by atoms with Gasteiger partial charge in [0.2, 0.25) is 0 Å². The van der Waals surface area contributed by atoms with Gasteiger partial charge >= 0.3 is 0 Å². The van der Waals surface area contributed by atoms with Crippen molar-refractivity contribution in [2.75, 3.05) is 12.4 Å². The zero-order valence-corrected chi connectivity index (χ0v) is 10.0. The van der Waals surface area contributed by atoms with Crippen LogP contribution in [0.25, 0.3) is 0 Å². The molecule has 0 aliphatic carbocycles. The summed E-state index contributed by atoms with van der Waals surface area (Å²) in [6.45, 7) is 0. The largest absolute Gasteiger partial charge is 0.496 e. The molecule has 1 aromatic rings. The van der Waals surface area contributed by atoms with E-state index in [1.165, 1.54) is 13.3 Å². The molecule has 0 saturated heterocycles. The third-order valence-corrected chi connectivity index (χ3v) is 2.58. The van der Waals surface area contributed by atoms with E-state index in [4.69, 9.17) is 4.74 Å². The SMILES string of the molecule is COc1ccncc1C(O)C(O)CCBr. The fourth-order valence-electron chi connectivity index (χ4n) is 1.28. The second-order valence-electron chi connectivity index (χ2n) is 3.11. The van der Waals surface area contributed by atoms with Crippen molar-refractivity contribution in [3.05, 3.63) is 24.0 Å². The lowest BCUT2D eigenvalue weighted by atomic mass is 10.0. The van der Waals surface area contributed by atoms with Gasteiger partial charge in [0.05, 0.1) is 13.2 Å². The smallest absolute Gasteiger partial charge is 0.127 e. The van der Waals surface area contributed by atoms with E-state index in [1.807, 2.05) is 0 Å². The number of ether oxygens (including phenoxy) is 1. The normalized spacial score (nSPS) is 14.7. The van der Waals surface area contributed by atoms with Crippen LogP contribution in [-0.2, 0) is 0 Å². The molecule has 1 aromatic heterocycles. The Morgan fingerprint density at radius 3 is 2.87 bits per heavy atom. The van der Waals surface area contributed by atoms with Crippen LogP contribution in [0.4, 0.5) is 0 Å². The molecule has 5 heteroatoms. The topological polar surface area (TPSA) is 62.6 Å². The molecule has 0 aliphatic rings. The average molecular weight is 276 g/mol. The number of pyridine rings is 1. The van der Waals surface area contributed by atoms with Crippen LogP contribution < -0.4 is 4.74 Å². The van der Waals surface area contributed by atoms with Gasteiger partial charge in [-0.05, 0) is 12.5 Å². The molecule has 2 unspecified atom stereocenters. The van der Waals surface area contributed by atoms with E-state index in [-0.39, 0.29) is 0 Å². The summed E-state index contributed by atoms with van der Waals surface area (Å²) in [6.07, 6.45) is 1.76. The maximum Gasteiger partial charge on any atom is 0.127 e. The Balaban J connectivity index is 2.84. The highest BCUT2D eigenvalue weighted by atomic mass is 79.9. The first kappa shape index (κ1) is 12.4. The Morgan fingerprint density at radius 1 is 1.53 bits per heavy atom. The van der Waals surface area contributed by atoms with Gasteiger partial charge < -0.3 is 14.9 Å². The molecular weight excluding hydrogens is 262 g/mol. The Kier molecular flexibility index (Phi) is 5.01. The maximum atomic E-state index is 9.84. The minimum absolute atomic E-state index is 0.471. The predicted molar refractivity (Wildman–Crippen MR) is 60.2 cm³/mol. The van der Waals surface area contributed by atoms with Gasteiger partial charge in [0.25, 0.3) is 0 Å². The van der Waals surface area contributed by atoms with Crippen molar-refractivity contribution in [2.45, 2.75) is 18.6 Å². The highest BCUT2D eigenvalue weighted by molar-refractivity contribution is 9.09. The molecule has 0 fully saturated rings. The number of aromatic nitrogens is 1. The fourth-order valence-corrected chi connectivity index (χ4v) is 1.75. The molecule has 0 spiro atoms. The van der Waals surface area contributed by atoms with Gasteiger partial charge in [0, 0.05) is 23.3 Å². The van der Waals surface area contributed by atoms with E-state index >= 15 is 0 Å². The lowest BCUT2D eigenvalue weighted by molar-refractivity contribution is 0.0158. The first-order valence-electron chi connectivity index (χ1n) is 4.60. The van der Waals surface area contributed by atoms with E-state index in [0.717, 1.165) is 0 Å². The number of hydrogen-bond donors (Lipinski definition) is 2. The van der Waals surface area contributed by atoms with Crippen molar-refractivity contribution in [3.63, 3.8) is 0 Å². The van der Waals surface area contributed by atoms with Gasteiger partial charge in [-0.15, -0.1) is 0 Å². The van der Waals surface area contributed by atoms with Crippen molar-refractivity contribution in [1.82, 2.24) is 4.98 Å². The molecule has 1 heterocycles. The van der Waals surface area contributed by atoms with Gasteiger partial charge in [-0.3, -0.25) is 4.98 Å².